The van der Waals surface area contributed by atoms with Crippen LogP contribution in [0.3, 0.4) is 0 Å². The molecule has 0 spiro atoms. The van der Waals surface area contributed by atoms with Crippen molar-refractivity contribution < 1.29 is 109 Å². The molecule has 0 aliphatic carbocycles. The third kappa shape index (κ3) is 268. The first-order valence-corrected chi connectivity index (χ1v) is 8.28. The Labute approximate surface area is 107 Å². The van der Waals surface area contributed by atoms with Crippen LogP contribution in [0.15, 0.2) is 0 Å². The van der Waals surface area contributed by atoms with E-state index in [9.17, 15) is 0 Å². The molecule has 12 heavy (non-hydrogen) atoms. The van der Waals surface area contributed by atoms with Crippen LogP contribution in [0, 0.1) is 0 Å². The van der Waals surface area contributed by atoms with Gasteiger partial charge in [0.2, 0.25) is 0 Å². The molecule has 0 amide bonds. The van der Waals surface area contributed by atoms with E-state index in [-0.39, 0.29) is 41.2 Å². The van der Waals surface area contributed by atoms with Gasteiger partial charge in [-0.05, 0) is 0 Å². The summed E-state index contributed by atoms with van der Waals surface area (Å²) in [6.07, 6.45) is 0. The first-order chi connectivity index (χ1) is 4.00. The molecule has 0 fully saturated rings. The molecular weight excluding hydrogens is 497 g/mol. The van der Waals surface area contributed by atoms with Crippen molar-refractivity contribution in [2.24, 2.45) is 0 Å². The minimum Gasteiger partial charge on any atom is -0.286 e. The van der Waals surface area contributed by atoms with Crippen LogP contribution >= 0.6 is 0 Å². The molecule has 12 heteroatoms. The molecule has 0 aromatic heterocycles. The first-order valence-electron chi connectivity index (χ1n) is 1.23. The van der Waals surface area contributed by atoms with Crippen LogP contribution in [0.25, 0.3) is 0 Å². The van der Waals surface area contributed by atoms with Crippen molar-refractivity contribution in [3.8, 4) is 0 Å². The van der Waals surface area contributed by atoms with Crippen LogP contribution < -0.4 is 86.5 Å². The van der Waals surface area contributed by atoms with Gasteiger partial charge in [0.15, 0.2) is 0 Å². The predicted octanol–water partition coefficient (Wildman–Crippen LogP) is -18.5. The second-order valence-corrected chi connectivity index (χ2v) is 5.07. The Morgan fingerprint density at radius 2 is 0.500 bits per heavy atom. The van der Waals surface area contributed by atoms with E-state index in [2.05, 4.69) is 0 Å². The van der Waals surface area contributed by atoms with Crippen molar-refractivity contribution in [2.45, 2.75) is 0 Å². The summed E-state index contributed by atoms with van der Waals surface area (Å²) in [5, 5.41) is 0. The van der Waals surface area contributed by atoms with E-state index in [1.165, 1.54) is 0 Å². The summed E-state index contributed by atoms with van der Waals surface area (Å²) in [6, 6.07) is 0. The Balaban J connectivity index is -0.0000000457. The Bertz CT molecular complexity index is 60.0. The quantitative estimate of drug-likeness (QED) is 0.234. The summed E-state index contributed by atoms with van der Waals surface area (Å²) < 4.78 is 68.9. The number of rotatable bonds is 0. The van der Waals surface area contributed by atoms with E-state index in [0.717, 1.165) is 0 Å². The molecule has 8 nitrogen and oxygen atoms in total. The molecule has 0 radical (unpaired) electrons. The van der Waals surface area contributed by atoms with Gasteiger partial charge < -0.3 is 0 Å². The Morgan fingerprint density at radius 3 is 0.500 bits per heavy atom. The van der Waals surface area contributed by atoms with Crippen molar-refractivity contribution in [1.29, 1.82) is 0 Å². The molecule has 0 aliphatic rings. The fourth-order valence-electron chi connectivity index (χ4n) is 0. The molecule has 0 bridgehead atoms. The monoisotopic (exact) mass is 496 g/mol. The largest absolute Gasteiger partial charge is 1.00 e. The molecular formula is AgI2LiO8. The molecule has 0 saturated heterocycles. The minimum absolute atomic E-state index is 0. The van der Waals surface area contributed by atoms with Crippen LogP contribution in [-0.4, -0.2) is 0 Å². The van der Waals surface area contributed by atoms with Crippen LogP contribution in [0.2, 0.25) is 0 Å². The van der Waals surface area contributed by atoms with Crippen LogP contribution in [0.4, 0.5) is 0 Å². The van der Waals surface area contributed by atoms with Gasteiger partial charge in [-0.25, -0.2) is 0 Å². The second kappa shape index (κ2) is 10.0. The standard InChI is InChI=1S/Ag.2IO4.Li/c;2*2-1(3,4)5;/q+1;2*-1;+1. The molecule has 0 unspecified atom stereocenters. The molecule has 0 N–H and O–H groups in total. The number of hydrogen-bond acceptors (Lipinski definition) is 8. The van der Waals surface area contributed by atoms with Crippen molar-refractivity contribution >= 4 is 0 Å². The van der Waals surface area contributed by atoms with Crippen LogP contribution in [-0.2, 0) is 22.4 Å². The van der Waals surface area contributed by atoms with Gasteiger partial charge in [0.05, 0.1) is 0 Å². The average molecular weight is 497 g/mol. The zero-order chi connectivity index (χ0) is 9.00. The third-order valence-corrected chi connectivity index (χ3v) is 0. The summed E-state index contributed by atoms with van der Waals surface area (Å²) >= 11 is -11.9. The van der Waals surface area contributed by atoms with E-state index in [4.69, 9.17) is 27.5 Å². The van der Waals surface area contributed by atoms with Gasteiger partial charge in [0.1, 0.15) is 40.2 Å². The van der Waals surface area contributed by atoms with Crippen LogP contribution in [0.5, 0.6) is 0 Å². The van der Waals surface area contributed by atoms with Gasteiger partial charge in [-0.1, -0.05) is 0 Å². The van der Waals surface area contributed by atoms with Crippen molar-refractivity contribution in [1.82, 2.24) is 0 Å². The van der Waals surface area contributed by atoms with E-state index in [1.54, 1.807) is 0 Å². The van der Waals surface area contributed by atoms with E-state index < -0.39 is 40.2 Å². The molecule has 0 saturated carbocycles. The second-order valence-electron chi connectivity index (χ2n) is 0.756. The first kappa shape index (κ1) is 24.0. The summed E-state index contributed by atoms with van der Waals surface area (Å²) in [5.41, 5.74) is 0. The maximum Gasteiger partial charge on any atom is 1.00 e. The SMILES string of the molecule is [Ag+].[Li+].[O-][I+3]([O-])([O-])[O-].[O-][I+3]([O-])([O-])[O-]. The molecule has 0 aliphatic heterocycles. The van der Waals surface area contributed by atoms with E-state index in [1.807, 2.05) is 0 Å². The summed E-state index contributed by atoms with van der Waals surface area (Å²) in [5.74, 6) is 0. The van der Waals surface area contributed by atoms with Gasteiger partial charge in [-0.15, -0.1) is 0 Å². The van der Waals surface area contributed by atoms with Gasteiger partial charge in [-0.2, -0.15) is 0 Å². The predicted molar refractivity (Wildman–Crippen MR) is 0 cm³/mol. The fourth-order valence-corrected chi connectivity index (χ4v) is 0. The Morgan fingerprint density at radius 1 is 0.500 bits per heavy atom. The Hall–Kier alpha value is 2.48. The molecule has 0 aromatic rings. The molecule has 0 atom stereocenters. The zero-order valence-corrected chi connectivity index (χ0v) is 11.1. The normalized spacial score (nSPS) is 10.0. The summed E-state index contributed by atoms with van der Waals surface area (Å²) in [7, 11) is 0. The topological polar surface area (TPSA) is 184 Å². The van der Waals surface area contributed by atoms with E-state index >= 15 is 0 Å². The minimum atomic E-state index is -5.94. The molecule has 0 rings (SSSR count). The maximum atomic E-state index is 8.62. The van der Waals surface area contributed by atoms with Gasteiger partial charge in [0.25, 0.3) is 0 Å². The van der Waals surface area contributed by atoms with Gasteiger partial charge in [0, 0.05) is 0 Å². The van der Waals surface area contributed by atoms with Gasteiger partial charge in [-0.3, -0.25) is 27.5 Å². The maximum absolute atomic E-state index is 8.62. The summed E-state index contributed by atoms with van der Waals surface area (Å²) in [6.45, 7) is 0. The molecule has 0 heterocycles. The van der Waals surface area contributed by atoms with E-state index in [0.29, 0.717) is 0 Å². The molecule has 74 valence electrons. The van der Waals surface area contributed by atoms with Crippen molar-refractivity contribution in [2.75, 3.05) is 0 Å². The smallest absolute Gasteiger partial charge is 0.286 e. The van der Waals surface area contributed by atoms with Crippen molar-refractivity contribution in [3.63, 3.8) is 0 Å². The average Bonchev–Trinajstić information content (AvgIpc) is 1.12. The number of hydrogen-bond donors (Lipinski definition) is 0. The van der Waals surface area contributed by atoms with Crippen molar-refractivity contribution in [3.05, 3.63) is 0 Å². The summed E-state index contributed by atoms with van der Waals surface area (Å²) in [4.78, 5) is 0. The fraction of sp³-hybridized carbons (Fsp3) is 0. The number of halogens is 2. The van der Waals surface area contributed by atoms with Gasteiger partial charge >= 0.3 is 41.2 Å². The molecule has 0 aromatic carbocycles. The zero-order valence-electron chi connectivity index (χ0n) is 5.32. The third-order valence-electron chi connectivity index (χ3n) is 0. The van der Waals surface area contributed by atoms with Crippen LogP contribution in [0.1, 0.15) is 0 Å². The Kier molecular flexibility index (Phi) is 20.0.